The lowest BCUT2D eigenvalue weighted by molar-refractivity contribution is 0.122. The van der Waals surface area contributed by atoms with E-state index in [2.05, 4.69) is 22.1 Å². The van der Waals surface area contributed by atoms with Gasteiger partial charge >= 0.3 is 0 Å². The Bertz CT molecular complexity index is 1240. The molecule has 1 N–H and O–H groups in total. The summed E-state index contributed by atoms with van der Waals surface area (Å²) in [5, 5.41) is 8.18. The Kier molecular flexibility index (Phi) is 5.26. The number of aromatic nitrogens is 5. The largest absolute Gasteiger partial charge is 0.378 e. The molecule has 0 radical (unpaired) electrons. The van der Waals surface area contributed by atoms with Gasteiger partial charge in [0.2, 0.25) is 0 Å². The molecule has 0 spiro atoms. The van der Waals surface area contributed by atoms with Crippen molar-refractivity contribution < 1.29 is 9.13 Å². The fraction of sp³-hybridized carbons (Fsp3) is 0.348. The van der Waals surface area contributed by atoms with Gasteiger partial charge in [0.25, 0.3) is 0 Å². The zero-order valence-corrected chi connectivity index (χ0v) is 18.4. The molecular formula is C23H26FN7O. The highest BCUT2D eigenvalue weighted by molar-refractivity contribution is 5.66. The highest BCUT2D eigenvalue weighted by Crippen LogP contribution is 2.33. The average Bonchev–Trinajstić information content (AvgIpc) is 3.35. The van der Waals surface area contributed by atoms with Crippen LogP contribution in [0.5, 0.6) is 0 Å². The highest BCUT2D eigenvalue weighted by atomic mass is 19.1. The predicted octanol–water partition coefficient (Wildman–Crippen LogP) is 3.64. The summed E-state index contributed by atoms with van der Waals surface area (Å²) in [4.78, 5) is 11.6. The highest BCUT2D eigenvalue weighted by Gasteiger charge is 2.24. The average molecular weight is 436 g/mol. The summed E-state index contributed by atoms with van der Waals surface area (Å²) >= 11 is 0. The molecule has 4 aromatic rings. The van der Waals surface area contributed by atoms with Gasteiger partial charge < -0.3 is 19.5 Å². The van der Waals surface area contributed by atoms with Crippen LogP contribution in [0, 0.1) is 12.7 Å². The maximum absolute atomic E-state index is 13.5. The number of nitrogens with zero attached hydrogens (tertiary/aromatic N) is 6. The van der Waals surface area contributed by atoms with E-state index in [1.165, 1.54) is 12.1 Å². The molecule has 1 saturated heterocycles. The van der Waals surface area contributed by atoms with E-state index < -0.39 is 0 Å². The molecular weight excluding hydrogens is 409 g/mol. The minimum atomic E-state index is -0.243. The number of aryl methyl sites for hydroxylation is 2. The van der Waals surface area contributed by atoms with Crippen molar-refractivity contribution in [2.45, 2.75) is 19.8 Å². The lowest BCUT2D eigenvalue weighted by Crippen LogP contribution is -2.37. The van der Waals surface area contributed by atoms with Crippen LogP contribution in [0.3, 0.4) is 0 Å². The Hall–Kier alpha value is -3.46. The van der Waals surface area contributed by atoms with Crippen molar-refractivity contribution in [3.8, 4) is 0 Å². The number of imidazole rings is 1. The van der Waals surface area contributed by atoms with Gasteiger partial charge in [-0.25, -0.2) is 14.4 Å². The van der Waals surface area contributed by atoms with Crippen molar-refractivity contribution >= 4 is 23.1 Å². The van der Waals surface area contributed by atoms with Gasteiger partial charge in [0.05, 0.1) is 25.2 Å². The van der Waals surface area contributed by atoms with Crippen molar-refractivity contribution in [2.24, 2.45) is 7.05 Å². The molecule has 5 rings (SSSR count). The van der Waals surface area contributed by atoms with Crippen molar-refractivity contribution in [1.82, 2.24) is 24.1 Å². The summed E-state index contributed by atoms with van der Waals surface area (Å²) in [6.07, 6.45) is 3.65. The Balaban J connectivity index is 1.64. The second-order valence-corrected chi connectivity index (χ2v) is 8.16. The predicted molar refractivity (Wildman–Crippen MR) is 121 cm³/mol. The minimum absolute atomic E-state index is 0.00300. The summed E-state index contributed by atoms with van der Waals surface area (Å²) < 4.78 is 22.8. The first-order valence-electron chi connectivity index (χ1n) is 10.7. The third kappa shape index (κ3) is 3.80. The molecule has 0 saturated carbocycles. The van der Waals surface area contributed by atoms with E-state index in [-0.39, 0.29) is 11.7 Å². The molecule has 8 nitrogen and oxygen atoms in total. The third-order valence-corrected chi connectivity index (χ3v) is 5.89. The van der Waals surface area contributed by atoms with E-state index in [1.54, 1.807) is 6.33 Å². The van der Waals surface area contributed by atoms with Crippen LogP contribution in [0.2, 0.25) is 0 Å². The number of hydrogen-bond acceptors (Lipinski definition) is 6. The van der Waals surface area contributed by atoms with Gasteiger partial charge in [-0.15, -0.1) is 0 Å². The number of ether oxygens (including phenoxy) is 1. The van der Waals surface area contributed by atoms with Crippen molar-refractivity contribution in [3.05, 3.63) is 65.5 Å². The molecule has 1 aliphatic heterocycles. The Morgan fingerprint density at radius 2 is 1.88 bits per heavy atom. The molecule has 4 heterocycles. The molecule has 0 unspecified atom stereocenters. The molecule has 1 aromatic carbocycles. The SMILES string of the molecule is Cc1nn2c(N3CCOCC3)cc(Nc3cn(C)cn3)nc2c1[C@H](C)c1ccc(F)cc1. The van der Waals surface area contributed by atoms with Gasteiger partial charge in [0.1, 0.15) is 23.3 Å². The molecule has 1 fully saturated rings. The molecule has 166 valence electrons. The van der Waals surface area contributed by atoms with Crippen LogP contribution in [0.4, 0.5) is 21.8 Å². The fourth-order valence-corrected chi connectivity index (χ4v) is 4.24. The van der Waals surface area contributed by atoms with E-state index in [4.69, 9.17) is 14.8 Å². The minimum Gasteiger partial charge on any atom is -0.378 e. The number of fused-ring (bicyclic) bond motifs is 1. The quantitative estimate of drug-likeness (QED) is 0.516. The molecule has 1 aliphatic rings. The van der Waals surface area contributed by atoms with Crippen LogP contribution < -0.4 is 10.2 Å². The number of nitrogens with one attached hydrogen (secondary N) is 1. The Morgan fingerprint density at radius 1 is 1.12 bits per heavy atom. The molecule has 32 heavy (non-hydrogen) atoms. The summed E-state index contributed by atoms with van der Waals surface area (Å²) in [7, 11) is 1.93. The smallest absolute Gasteiger partial charge is 0.163 e. The van der Waals surface area contributed by atoms with Crippen molar-refractivity contribution in [1.29, 1.82) is 0 Å². The lowest BCUT2D eigenvalue weighted by Gasteiger charge is -2.29. The normalized spacial score (nSPS) is 15.3. The Morgan fingerprint density at radius 3 is 2.56 bits per heavy atom. The standard InChI is InChI=1S/C23H26FN7O/c1-15(17-4-6-18(24)7-5-17)22-16(2)28-31-21(30-8-10-32-11-9-30)12-19(27-23(22)31)26-20-13-29(3)14-25-20/h4-7,12-15H,8-11H2,1-3H3,(H,26,27)/t15-/m1/s1. The van der Waals surface area contributed by atoms with E-state index >= 15 is 0 Å². The molecule has 9 heteroatoms. The zero-order chi connectivity index (χ0) is 22.2. The number of halogens is 1. The number of benzene rings is 1. The monoisotopic (exact) mass is 435 g/mol. The molecule has 0 amide bonds. The first-order valence-corrected chi connectivity index (χ1v) is 10.7. The van der Waals surface area contributed by atoms with Gasteiger partial charge in [0.15, 0.2) is 5.65 Å². The van der Waals surface area contributed by atoms with Crippen LogP contribution in [0.1, 0.15) is 29.7 Å². The van der Waals surface area contributed by atoms with Crippen LogP contribution in [-0.2, 0) is 11.8 Å². The van der Waals surface area contributed by atoms with E-state index in [0.29, 0.717) is 19.0 Å². The first kappa shape index (κ1) is 20.4. The van der Waals surface area contributed by atoms with E-state index in [9.17, 15) is 4.39 Å². The summed E-state index contributed by atoms with van der Waals surface area (Å²) in [5.74, 6) is 2.14. The van der Waals surface area contributed by atoms with E-state index in [0.717, 1.165) is 47.2 Å². The topological polar surface area (TPSA) is 72.5 Å². The van der Waals surface area contributed by atoms with Gasteiger partial charge in [-0.3, -0.25) is 0 Å². The second-order valence-electron chi connectivity index (χ2n) is 8.16. The van der Waals surface area contributed by atoms with Gasteiger partial charge in [-0.2, -0.15) is 9.61 Å². The Labute approximate surface area is 185 Å². The van der Waals surface area contributed by atoms with Gasteiger partial charge in [0, 0.05) is 43.9 Å². The number of rotatable bonds is 5. The van der Waals surface area contributed by atoms with Gasteiger partial charge in [-0.1, -0.05) is 19.1 Å². The van der Waals surface area contributed by atoms with Crippen LogP contribution in [0.15, 0.2) is 42.9 Å². The second kappa shape index (κ2) is 8.23. The van der Waals surface area contributed by atoms with Crippen LogP contribution in [-0.4, -0.2) is 50.5 Å². The summed E-state index contributed by atoms with van der Waals surface area (Å²) in [5.41, 5.74) is 3.72. The molecule has 3 aromatic heterocycles. The maximum atomic E-state index is 13.5. The van der Waals surface area contributed by atoms with Gasteiger partial charge in [-0.05, 0) is 24.6 Å². The van der Waals surface area contributed by atoms with E-state index in [1.807, 2.05) is 47.4 Å². The van der Waals surface area contributed by atoms with Crippen molar-refractivity contribution in [2.75, 3.05) is 36.5 Å². The number of morpholine rings is 1. The van der Waals surface area contributed by atoms with Crippen LogP contribution in [0.25, 0.3) is 5.65 Å². The number of anilines is 3. The summed E-state index contributed by atoms with van der Waals surface area (Å²) in [6.45, 7) is 7.01. The maximum Gasteiger partial charge on any atom is 0.163 e. The fourth-order valence-electron chi connectivity index (χ4n) is 4.24. The zero-order valence-electron chi connectivity index (χ0n) is 18.4. The molecule has 0 bridgehead atoms. The molecule has 0 aliphatic carbocycles. The van der Waals surface area contributed by atoms with Crippen LogP contribution >= 0.6 is 0 Å². The number of hydrogen-bond donors (Lipinski definition) is 1. The molecule has 1 atom stereocenters. The summed E-state index contributed by atoms with van der Waals surface area (Å²) in [6, 6.07) is 8.64. The first-order chi connectivity index (χ1) is 15.5. The van der Waals surface area contributed by atoms with Crippen molar-refractivity contribution in [3.63, 3.8) is 0 Å². The lowest BCUT2D eigenvalue weighted by atomic mass is 9.93. The third-order valence-electron chi connectivity index (χ3n) is 5.89.